The second-order valence-corrected chi connectivity index (χ2v) is 4.76. The normalized spacial score (nSPS) is 10.2. The van der Waals surface area contributed by atoms with Gasteiger partial charge < -0.3 is 10.6 Å². The van der Waals surface area contributed by atoms with E-state index in [-0.39, 0.29) is 12.1 Å². The summed E-state index contributed by atoms with van der Waals surface area (Å²) in [6.07, 6.45) is 0. The monoisotopic (exact) mass is 290 g/mol. The Labute approximate surface area is 122 Å². The number of aryl methyl sites for hydroxylation is 1. The third-order valence-electron chi connectivity index (χ3n) is 3.02. The van der Waals surface area contributed by atoms with Crippen LogP contribution in [-0.4, -0.2) is 6.03 Å². The molecule has 3 nitrogen and oxygen atoms in total. The number of hydrogen-bond acceptors (Lipinski definition) is 1. The van der Waals surface area contributed by atoms with Crippen LogP contribution in [-0.2, 0) is 13.1 Å². The van der Waals surface area contributed by atoms with Crippen molar-refractivity contribution in [1.82, 2.24) is 10.6 Å². The Hall–Kier alpha value is -2.43. The molecule has 0 aliphatic heterocycles. The van der Waals surface area contributed by atoms with Crippen molar-refractivity contribution in [2.75, 3.05) is 0 Å². The second-order valence-electron chi connectivity index (χ2n) is 4.76. The molecule has 0 aliphatic carbocycles. The maximum Gasteiger partial charge on any atom is 0.315 e. The summed E-state index contributed by atoms with van der Waals surface area (Å²) in [7, 11) is 0. The molecule has 2 aromatic carbocycles. The SMILES string of the molecule is Cc1ccc(CNC(=O)NCc2cc(F)ccc2F)cc1. The van der Waals surface area contributed by atoms with Gasteiger partial charge in [-0.3, -0.25) is 0 Å². The maximum atomic E-state index is 13.4. The van der Waals surface area contributed by atoms with Crippen LogP contribution >= 0.6 is 0 Å². The van der Waals surface area contributed by atoms with Gasteiger partial charge in [0.05, 0.1) is 0 Å². The van der Waals surface area contributed by atoms with Crippen molar-refractivity contribution in [2.24, 2.45) is 0 Å². The van der Waals surface area contributed by atoms with Crippen molar-refractivity contribution in [3.05, 3.63) is 70.8 Å². The fraction of sp³-hybridized carbons (Fsp3) is 0.188. The Bertz CT molecular complexity index is 627. The zero-order valence-electron chi connectivity index (χ0n) is 11.6. The Balaban J connectivity index is 1.82. The highest BCUT2D eigenvalue weighted by Crippen LogP contribution is 2.09. The Morgan fingerprint density at radius 1 is 1.00 bits per heavy atom. The number of carbonyl (C=O) groups excluding carboxylic acids is 1. The van der Waals surface area contributed by atoms with Gasteiger partial charge in [-0.05, 0) is 30.7 Å². The lowest BCUT2D eigenvalue weighted by Crippen LogP contribution is -2.34. The Kier molecular flexibility index (Phi) is 4.87. The van der Waals surface area contributed by atoms with E-state index in [1.807, 2.05) is 31.2 Å². The van der Waals surface area contributed by atoms with Gasteiger partial charge >= 0.3 is 6.03 Å². The van der Waals surface area contributed by atoms with E-state index in [1.165, 1.54) is 0 Å². The molecule has 0 aromatic heterocycles. The standard InChI is InChI=1S/C16H16F2N2O/c1-11-2-4-12(5-3-11)9-19-16(21)20-10-13-8-14(17)6-7-15(13)18/h2-8H,9-10H2,1H3,(H2,19,20,21). The summed E-state index contributed by atoms with van der Waals surface area (Å²) in [6, 6.07) is 10.5. The number of hydrogen-bond donors (Lipinski definition) is 2. The van der Waals surface area contributed by atoms with Crippen molar-refractivity contribution in [1.29, 1.82) is 0 Å². The molecule has 110 valence electrons. The van der Waals surface area contributed by atoms with Crippen LogP contribution in [0, 0.1) is 18.6 Å². The highest BCUT2D eigenvalue weighted by molar-refractivity contribution is 5.73. The van der Waals surface area contributed by atoms with Crippen LogP contribution in [0.2, 0.25) is 0 Å². The molecule has 0 heterocycles. The van der Waals surface area contributed by atoms with Crippen LogP contribution in [0.15, 0.2) is 42.5 Å². The van der Waals surface area contributed by atoms with Gasteiger partial charge in [0.2, 0.25) is 0 Å². The predicted octanol–water partition coefficient (Wildman–Crippen LogP) is 3.27. The lowest BCUT2D eigenvalue weighted by molar-refractivity contribution is 0.240. The molecule has 2 N–H and O–H groups in total. The summed E-state index contributed by atoms with van der Waals surface area (Å²) in [5.74, 6) is -1.08. The quantitative estimate of drug-likeness (QED) is 0.891. The third kappa shape index (κ3) is 4.56. The first-order chi connectivity index (χ1) is 10.0. The summed E-state index contributed by atoms with van der Waals surface area (Å²) in [6.45, 7) is 2.29. The second kappa shape index (κ2) is 6.83. The topological polar surface area (TPSA) is 41.1 Å². The molecule has 0 atom stereocenters. The van der Waals surface area contributed by atoms with Crippen LogP contribution in [0.4, 0.5) is 13.6 Å². The van der Waals surface area contributed by atoms with Gasteiger partial charge in [0.25, 0.3) is 0 Å². The molecule has 2 rings (SSSR count). The van der Waals surface area contributed by atoms with E-state index in [1.54, 1.807) is 0 Å². The van der Waals surface area contributed by atoms with Crippen molar-refractivity contribution < 1.29 is 13.6 Å². The number of carbonyl (C=O) groups is 1. The average Bonchev–Trinajstić information content (AvgIpc) is 2.47. The molecular formula is C16H16F2N2O. The lowest BCUT2D eigenvalue weighted by Gasteiger charge is -2.09. The van der Waals surface area contributed by atoms with Gasteiger partial charge in [-0.25, -0.2) is 13.6 Å². The molecule has 0 fully saturated rings. The molecule has 2 aromatic rings. The summed E-state index contributed by atoms with van der Waals surface area (Å²) in [4.78, 5) is 11.6. The fourth-order valence-corrected chi connectivity index (χ4v) is 1.81. The molecule has 0 bridgehead atoms. The van der Waals surface area contributed by atoms with Crippen LogP contribution < -0.4 is 10.6 Å². The molecule has 0 saturated carbocycles. The highest BCUT2D eigenvalue weighted by Gasteiger charge is 2.06. The molecule has 21 heavy (non-hydrogen) atoms. The predicted molar refractivity (Wildman–Crippen MR) is 76.6 cm³/mol. The smallest absolute Gasteiger partial charge is 0.315 e. The molecule has 0 unspecified atom stereocenters. The van der Waals surface area contributed by atoms with Gasteiger partial charge in [0.15, 0.2) is 0 Å². The lowest BCUT2D eigenvalue weighted by atomic mass is 10.1. The van der Waals surface area contributed by atoms with E-state index in [9.17, 15) is 13.6 Å². The number of rotatable bonds is 4. The first-order valence-corrected chi connectivity index (χ1v) is 6.56. The van der Waals surface area contributed by atoms with Gasteiger partial charge in [0.1, 0.15) is 11.6 Å². The summed E-state index contributed by atoms with van der Waals surface area (Å²) in [5.41, 5.74) is 2.22. The van der Waals surface area contributed by atoms with E-state index < -0.39 is 17.7 Å². The first kappa shape index (κ1) is 15.0. The Morgan fingerprint density at radius 3 is 2.38 bits per heavy atom. The maximum absolute atomic E-state index is 13.4. The summed E-state index contributed by atoms with van der Waals surface area (Å²) >= 11 is 0. The molecule has 0 aliphatic rings. The van der Waals surface area contributed by atoms with Crippen molar-refractivity contribution in [3.8, 4) is 0 Å². The van der Waals surface area contributed by atoms with Crippen LogP contribution in [0.5, 0.6) is 0 Å². The zero-order chi connectivity index (χ0) is 15.2. The van der Waals surface area contributed by atoms with Crippen LogP contribution in [0.25, 0.3) is 0 Å². The van der Waals surface area contributed by atoms with Gasteiger partial charge in [-0.2, -0.15) is 0 Å². The van der Waals surface area contributed by atoms with Crippen molar-refractivity contribution >= 4 is 6.03 Å². The molecule has 2 amide bonds. The van der Waals surface area contributed by atoms with E-state index in [0.29, 0.717) is 6.54 Å². The minimum atomic E-state index is -0.546. The number of benzene rings is 2. The minimum absolute atomic E-state index is 0.0661. The fourth-order valence-electron chi connectivity index (χ4n) is 1.81. The van der Waals surface area contributed by atoms with Crippen LogP contribution in [0.1, 0.15) is 16.7 Å². The molecule has 0 saturated heterocycles. The van der Waals surface area contributed by atoms with E-state index in [2.05, 4.69) is 10.6 Å². The number of halogens is 2. The molecule has 5 heteroatoms. The van der Waals surface area contributed by atoms with Gasteiger partial charge in [-0.1, -0.05) is 29.8 Å². The van der Waals surface area contributed by atoms with Crippen molar-refractivity contribution in [2.45, 2.75) is 20.0 Å². The largest absolute Gasteiger partial charge is 0.334 e. The minimum Gasteiger partial charge on any atom is -0.334 e. The van der Waals surface area contributed by atoms with Gasteiger partial charge in [0, 0.05) is 18.7 Å². The van der Waals surface area contributed by atoms with E-state index >= 15 is 0 Å². The third-order valence-corrected chi connectivity index (χ3v) is 3.02. The van der Waals surface area contributed by atoms with E-state index in [4.69, 9.17) is 0 Å². The first-order valence-electron chi connectivity index (χ1n) is 6.56. The number of amides is 2. The summed E-state index contributed by atoms with van der Waals surface area (Å²) < 4.78 is 26.3. The van der Waals surface area contributed by atoms with Crippen LogP contribution in [0.3, 0.4) is 0 Å². The Morgan fingerprint density at radius 2 is 1.67 bits per heavy atom. The highest BCUT2D eigenvalue weighted by atomic mass is 19.1. The van der Waals surface area contributed by atoms with Crippen molar-refractivity contribution in [3.63, 3.8) is 0 Å². The number of nitrogens with one attached hydrogen (secondary N) is 2. The molecule has 0 spiro atoms. The molecular weight excluding hydrogens is 274 g/mol. The zero-order valence-corrected chi connectivity index (χ0v) is 11.6. The summed E-state index contributed by atoms with van der Waals surface area (Å²) in [5, 5.41) is 5.15. The molecule has 0 radical (unpaired) electrons. The average molecular weight is 290 g/mol. The number of urea groups is 1. The van der Waals surface area contributed by atoms with E-state index in [0.717, 1.165) is 29.3 Å². The van der Waals surface area contributed by atoms with Gasteiger partial charge in [-0.15, -0.1) is 0 Å².